The number of alkyl halides is 2. The highest BCUT2D eigenvalue weighted by Gasteiger charge is 2.22. The Labute approximate surface area is 150 Å². The summed E-state index contributed by atoms with van der Waals surface area (Å²) in [6.45, 7) is 2.35. The van der Waals surface area contributed by atoms with E-state index in [1.165, 1.54) is 0 Å². The Morgan fingerprint density at radius 3 is 2.77 bits per heavy atom. The van der Waals surface area contributed by atoms with Crippen LogP contribution in [0.5, 0.6) is 5.75 Å². The number of benzene rings is 1. The predicted molar refractivity (Wildman–Crippen MR) is 93.4 cm³/mol. The first kappa shape index (κ1) is 17.0. The molecule has 0 aliphatic carbocycles. The maximum Gasteiger partial charge on any atom is 0.256 e. The van der Waals surface area contributed by atoms with Gasteiger partial charge in [-0.1, -0.05) is 11.2 Å². The molecule has 5 nitrogen and oxygen atoms in total. The van der Waals surface area contributed by atoms with E-state index in [-0.39, 0.29) is 12.6 Å². The molecule has 3 heterocycles. The predicted octanol–water partition coefficient (Wildman–Crippen LogP) is 3.94. The molecule has 26 heavy (non-hydrogen) atoms. The number of aromatic nitrogens is 2. The molecule has 4 rings (SSSR count). The van der Waals surface area contributed by atoms with Crippen LogP contribution < -0.4 is 4.74 Å². The van der Waals surface area contributed by atoms with E-state index in [1.807, 2.05) is 30.3 Å². The lowest BCUT2D eigenvalue weighted by Gasteiger charge is -2.31. The molecular formula is C19H21F2N3O2. The van der Waals surface area contributed by atoms with E-state index in [4.69, 9.17) is 9.26 Å². The van der Waals surface area contributed by atoms with Gasteiger partial charge in [0.15, 0.2) is 0 Å². The highest BCUT2D eigenvalue weighted by molar-refractivity contribution is 5.86. The average molecular weight is 361 g/mol. The van der Waals surface area contributed by atoms with Gasteiger partial charge in [0, 0.05) is 37.3 Å². The summed E-state index contributed by atoms with van der Waals surface area (Å²) in [7, 11) is 0. The van der Waals surface area contributed by atoms with Crippen molar-refractivity contribution in [3.63, 3.8) is 0 Å². The number of likely N-dealkylation sites (tertiary alicyclic amines) is 1. The minimum absolute atomic E-state index is 0.132. The summed E-state index contributed by atoms with van der Waals surface area (Å²) >= 11 is 0. The second-order valence-corrected chi connectivity index (χ2v) is 6.63. The van der Waals surface area contributed by atoms with Crippen LogP contribution in [0.3, 0.4) is 0 Å². The van der Waals surface area contributed by atoms with Crippen molar-refractivity contribution in [3.8, 4) is 5.75 Å². The van der Waals surface area contributed by atoms with Crippen molar-refractivity contribution in [2.24, 2.45) is 0 Å². The molecule has 1 fully saturated rings. The molecule has 0 spiro atoms. The van der Waals surface area contributed by atoms with Gasteiger partial charge in [-0.05, 0) is 31.0 Å². The molecule has 1 aliphatic heterocycles. The van der Waals surface area contributed by atoms with E-state index in [9.17, 15) is 8.78 Å². The fourth-order valence-corrected chi connectivity index (χ4v) is 3.52. The Hall–Kier alpha value is -2.41. The SMILES string of the molecule is FC(F)Cn1ccc2c(OC3CCN(Cc4ccon4)CC3)cccc21. The van der Waals surface area contributed by atoms with Gasteiger partial charge in [-0.15, -0.1) is 0 Å². The van der Waals surface area contributed by atoms with Gasteiger partial charge in [-0.2, -0.15) is 0 Å². The van der Waals surface area contributed by atoms with Crippen molar-refractivity contribution in [3.05, 3.63) is 48.5 Å². The molecule has 138 valence electrons. The van der Waals surface area contributed by atoms with Gasteiger partial charge in [0.25, 0.3) is 6.43 Å². The minimum Gasteiger partial charge on any atom is -0.490 e. The Bertz CT molecular complexity index is 840. The third-order valence-corrected chi connectivity index (χ3v) is 4.81. The largest absolute Gasteiger partial charge is 0.490 e. The lowest BCUT2D eigenvalue weighted by atomic mass is 10.1. The molecule has 0 amide bonds. The molecule has 0 radical (unpaired) electrons. The minimum atomic E-state index is -2.37. The number of fused-ring (bicyclic) bond motifs is 1. The summed E-state index contributed by atoms with van der Waals surface area (Å²) in [5, 5.41) is 4.84. The normalized spacial score (nSPS) is 16.6. The Balaban J connectivity index is 1.39. The molecule has 7 heteroatoms. The van der Waals surface area contributed by atoms with Crippen molar-refractivity contribution < 1.29 is 18.0 Å². The molecule has 0 unspecified atom stereocenters. The highest BCUT2D eigenvalue weighted by atomic mass is 19.3. The lowest BCUT2D eigenvalue weighted by Crippen LogP contribution is -2.37. The standard InChI is InChI=1S/C19H21F2N3O2/c20-19(21)13-24-10-6-16-17(24)2-1-3-18(16)26-15-4-8-23(9-5-15)12-14-7-11-25-22-14/h1-3,6-7,10-11,15,19H,4-5,8-9,12-13H2. The number of nitrogens with zero attached hydrogens (tertiary/aromatic N) is 3. The van der Waals surface area contributed by atoms with Gasteiger partial charge in [-0.3, -0.25) is 4.90 Å². The summed E-state index contributed by atoms with van der Waals surface area (Å²) in [6.07, 6.45) is 2.89. The van der Waals surface area contributed by atoms with E-state index in [0.717, 1.165) is 54.8 Å². The van der Waals surface area contributed by atoms with Gasteiger partial charge in [0.05, 0.1) is 17.8 Å². The number of hydrogen-bond acceptors (Lipinski definition) is 4. The van der Waals surface area contributed by atoms with Gasteiger partial charge in [0.2, 0.25) is 0 Å². The molecule has 2 aromatic heterocycles. The van der Waals surface area contributed by atoms with Crippen molar-refractivity contribution in [1.82, 2.24) is 14.6 Å². The summed E-state index contributed by atoms with van der Waals surface area (Å²) in [4.78, 5) is 2.33. The van der Waals surface area contributed by atoms with Crippen LogP contribution in [0, 0.1) is 0 Å². The van der Waals surface area contributed by atoms with Crippen LogP contribution in [0.4, 0.5) is 8.78 Å². The second kappa shape index (κ2) is 7.45. The maximum atomic E-state index is 12.7. The highest BCUT2D eigenvalue weighted by Crippen LogP contribution is 2.29. The lowest BCUT2D eigenvalue weighted by molar-refractivity contribution is 0.0966. The second-order valence-electron chi connectivity index (χ2n) is 6.63. The zero-order chi connectivity index (χ0) is 17.9. The van der Waals surface area contributed by atoms with E-state index in [1.54, 1.807) is 17.0 Å². The zero-order valence-electron chi connectivity index (χ0n) is 14.4. The van der Waals surface area contributed by atoms with Crippen LogP contribution in [0.15, 0.2) is 47.3 Å². The van der Waals surface area contributed by atoms with Crippen molar-refractivity contribution in [1.29, 1.82) is 0 Å². The van der Waals surface area contributed by atoms with Crippen LogP contribution in [-0.4, -0.2) is 40.2 Å². The van der Waals surface area contributed by atoms with E-state index >= 15 is 0 Å². The molecule has 0 saturated carbocycles. The first-order valence-corrected chi connectivity index (χ1v) is 8.83. The topological polar surface area (TPSA) is 43.4 Å². The van der Waals surface area contributed by atoms with Crippen molar-refractivity contribution in [2.45, 2.75) is 38.5 Å². The quantitative estimate of drug-likeness (QED) is 0.667. The first-order valence-electron chi connectivity index (χ1n) is 8.83. The fourth-order valence-electron chi connectivity index (χ4n) is 3.52. The van der Waals surface area contributed by atoms with Crippen LogP contribution in [0.25, 0.3) is 10.9 Å². The number of halogens is 2. The molecule has 0 N–H and O–H groups in total. The van der Waals surface area contributed by atoms with Crippen molar-refractivity contribution >= 4 is 10.9 Å². The van der Waals surface area contributed by atoms with Gasteiger partial charge in [-0.25, -0.2) is 8.78 Å². The van der Waals surface area contributed by atoms with E-state index < -0.39 is 6.43 Å². The molecule has 1 saturated heterocycles. The van der Waals surface area contributed by atoms with Crippen molar-refractivity contribution in [2.75, 3.05) is 13.1 Å². The molecule has 3 aromatic rings. The Kier molecular flexibility index (Phi) is 4.88. The number of hydrogen-bond donors (Lipinski definition) is 0. The fraction of sp³-hybridized carbons (Fsp3) is 0.421. The third kappa shape index (κ3) is 3.72. The Morgan fingerprint density at radius 2 is 2.04 bits per heavy atom. The molecule has 1 aliphatic rings. The number of ether oxygens (including phenoxy) is 1. The van der Waals surface area contributed by atoms with Crippen LogP contribution >= 0.6 is 0 Å². The number of rotatable bonds is 6. The number of piperidine rings is 1. The molecule has 1 aromatic carbocycles. The average Bonchev–Trinajstić information content (AvgIpc) is 3.27. The smallest absolute Gasteiger partial charge is 0.256 e. The van der Waals surface area contributed by atoms with Gasteiger partial charge >= 0.3 is 0 Å². The van der Waals surface area contributed by atoms with E-state index in [2.05, 4.69) is 10.1 Å². The van der Waals surface area contributed by atoms with Crippen LogP contribution in [0.2, 0.25) is 0 Å². The van der Waals surface area contributed by atoms with E-state index in [0.29, 0.717) is 0 Å². The first-order chi connectivity index (χ1) is 12.7. The van der Waals surface area contributed by atoms with Gasteiger partial charge < -0.3 is 13.8 Å². The van der Waals surface area contributed by atoms with Crippen LogP contribution in [-0.2, 0) is 13.1 Å². The maximum absolute atomic E-state index is 12.7. The van der Waals surface area contributed by atoms with Crippen LogP contribution in [0.1, 0.15) is 18.5 Å². The summed E-state index contributed by atoms with van der Waals surface area (Å²) in [5.41, 5.74) is 1.72. The zero-order valence-corrected chi connectivity index (χ0v) is 14.4. The van der Waals surface area contributed by atoms with Gasteiger partial charge in [0.1, 0.15) is 18.1 Å². The summed E-state index contributed by atoms with van der Waals surface area (Å²) in [6, 6.07) is 9.36. The monoisotopic (exact) mass is 361 g/mol. The summed E-state index contributed by atoms with van der Waals surface area (Å²) < 4.78 is 38.1. The third-order valence-electron chi connectivity index (χ3n) is 4.81. The molecule has 0 bridgehead atoms. The Morgan fingerprint density at radius 1 is 1.19 bits per heavy atom. The summed E-state index contributed by atoms with van der Waals surface area (Å²) in [5.74, 6) is 0.769. The molecule has 0 atom stereocenters. The molecular weight excluding hydrogens is 340 g/mol.